The fourth-order valence-corrected chi connectivity index (χ4v) is 3.11. The van der Waals surface area contributed by atoms with Crippen molar-refractivity contribution in [3.8, 4) is 5.75 Å². The Morgan fingerprint density at radius 2 is 1.81 bits per heavy atom. The number of carbonyl (C=O) groups is 1. The molecule has 0 saturated heterocycles. The molecule has 1 aromatic heterocycles. The molecule has 0 atom stereocenters. The number of hydrogen-bond donors (Lipinski definition) is 1. The summed E-state index contributed by atoms with van der Waals surface area (Å²) in [6.45, 7) is 0.490. The van der Waals surface area contributed by atoms with E-state index in [1.54, 1.807) is 42.5 Å². The molecule has 136 valence electrons. The minimum Gasteiger partial charge on any atom is -0.506 e. The van der Waals surface area contributed by atoms with Gasteiger partial charge in [0.15, 0.2) is 5.58 Å². The summed E-state index contributed by atoms with van der Waals surface area (Å²) in [6.07, 6.45) is 0.448. The summed E-state index contributed by atoms with van der Waals surface area (Å²) in [5.74, 6) is -1.12. The van der Waals surface area contributed by atoms with Gasteiger partial charge in [-0.25, -0.2) is 9.59 Å². The molecule has 0 fully saturated rings. The number of phenolic OH excluding ortho intramolecular Hbond substituents is 1. The third-order valence-corrected chi connectivity index (χ3v) is 4.45. The summed E-state index contributed by atoms with van der Waals surface area (Å²) in [4.78, 5) is 24.2. The minimum atomic E-state index is -0.595. The van der Waals surface area contributed by atoms with Gasteiger partial charge in [0.05, 0.1) is 12.1 Å². The highest BCUT2D eigenvalue weighted by atomic mass is 16.5. The molecule has 0 spiro atoms. The van der Waals surface area contributed by atoms with Gasteiger partial charge in [0.2, 0.25) is 0 Å². The van der Waals surface area contributed by atoms with Crippen LogP contribution in [0.15, 0.2) is 69.9 Å². The van der Waals surface area contributed by atoms with E-state index >= 15 is 0 Å². The van der Waals surface area contributed by atoms with Crippen LogP contribution in [0.5, 0.6) is 5.75 Å². The second-order valence-corrected chi connectivity index (χ2v) is 6.16. The van der Waals surface area contributed by atoms with Crippen LogP contribution in [0.2, 0.25) is 0 Å². The van der Waals surface area contributed by atoms with Crippen molar-refractivity contribution in [2.24, 2.45) is 0 Å². The monoisotopic (exact) mass is 363 g/mol. The smallest absolute Gasteiger partial charge is 0.419 e. The van der Waals surface area contributed by atoms with Gasteiger partial charge >= 0.3 is 11.7 Å². The Balaban J connectivity index is 1.42. The lowest BCUT2D eigenvalue weighted by molar-refractivity contribution is 0.0493. The Bertz CT molecular complexity index is 1190. The van der Waals surface area contributed by atoms with Crippen molar-refractivity contribution in [1.82, 2.24) is 4.57 Å². The topological polar surface area (TPSA) is 81.7 Å². The number of nitrogens with zero attached hydrogens (tertiary/aromatic N) is 1. The van der Waals surface area contributed by atoms with E-state index in [4.69, 9.17) is 9.15 Å². The standard InChI is InChI=1S/C21H17NO5/c23-19-15-7-2-1-6-14(15)10-11-16(19)20(24)26-13-5-12-22-17-8-3-4-9-18(17)27-21(22)25/h1-4,6-11,23H,5,12-13H2. The van der Waals surface area contributed by atoms with Crippen LogP contribution in [0.25, 0.3) is 21.9 Å². The number of aromatic nitrogens is 1. The average molecular weight is 363 g/mol. The summed E-state index contributed by atoms with van der Waals surface area (Å²) in [7, 11) is 0. The molecule has 0 bridgehead atoms. The number of para-hydroxylation sites is 2. The van der Waals surface area contributed by atoms with Gasteiger partial charge in [-0.3, -0.25) is 4.57 Å². The van der Waals surface area contributed by atoms with Crippen molar-refractivity contribution in [3.63, 3.8) is 0 Å². The molecule has 1 N–H and O–H groups in total. The van der Waals surface area contributed by atoms with Crippen LogP contribution in [0.3, 0.4) is 0 Å². The van der Waals surface area contributed by atoms with Crippen molar-refractivity contribution in [2.45, 2.75) is 13.0 Å². The van der Waals surface area contributed by atoms with Crippen molar-refractivity contribution >= 4 is 27.8 Å². The molecular formula is C21H17NO5. The number of oxazole rings is 1. The van der Waals surface area contributed by atoms with Crippen molar-refractivity contribution in [3.05, 3.63) is 76.8 Å². The molecule has 0 amide bonds. The first-order valence-electron chi connectivity index (χ1n) is 8.61. The van der Waals surface area contributed by atoms with E-state index in [-0.39, 0.29) is 17.9 Å². The Hall–Kier alpha value is -3.54. The zero-order valence-electron chi connectivity index (χ0n) is 14.4. The lowest BCUT2D eigenvalue weighted by Gasteiger charge is -2.09. The molecule has 6 nitrogen and oxygen atoms in total. The third kappa shape index (κ3) is 3.17. The average Bonchev–Trinajstić information content (AvgIpc) is 3.01. The molecule has 6 heteroatoms. The number of esters is 1. The number of phenols is 1. The van der Waals surface area contributed by atoms with Crippen LogP contribution in [-0.2, 0) is 11.3 Å². The zero-order valence-corrected chi connectivity index (χ0v) is 14.4. The molecule has 3 aromatic carbocycles. The minimum absolute atomic E-state index is 0.0878. The maximum absolute atomic E-state index is 12.3. The number of aromatic hydroxyl groups is 1. The van der Waals surface area contributed by atoms with E-state index in [0.717, 1.165) is 5.39 Å². The summed E-state index contributed by atoms with van der Waals surface area (Å²) in [5.41, 5.74) is 1.36. The first-order valence-corrected chi connectivity index (χ1v) is 8.61. The van der Waals surface area contributed by atoms with Gasteiger partial charge in [-0.05, 0) is 30.0 Å². The van der Waals surface area contributed by atoms with Crippen LogP contribution < -0.4 is 5.76 Å². The predicted octanol–water partition coefficient (Wildman–Crippen LogP) is 3.70. The van der Waals surface area contributed by atoms with E-state index in [2.05, 4.69) is 0 Å². The van der Waals surface area contributed by atoms with E-state index in [1.165, 1.54) is 4.57 Å². The van der Waals surface area contributed by atoms with Gasteiger partial charge in [-0.1, -0.05) is 42.5 Å². The second kappa shape index (κ2) is 6.99. The molecule has 0 radical (unpaired) electrons. The van der Waals surface area contributed by atoms with E-state index < -0.39 is 11.7 Å². The van der Waals surface area contributed by atoms with Gasteiger partial charge in [0.25, 0.3) is 0 Å². The summed E-state index contributed by atoms with van der Waals surface area (Å²) < 4.78 is 11.9. The van der Waals surface area contributed by atoms with Crippen LogP contribution in [0.1, 0.15) is 16.8 Å². The fraction of sp³-hybridized carbons (Fsp3) is 0.143. The number of benzene rings is 3. The third-order valence-electron chi connectivity index (χ3n) is 4.45. The summed E-state index contributed by atoms with van der Waals surface area (Å²) in [6, 6.07) is 17.7. The maximum Gasteiger partial charge on any atom is 0.419 e. The Morgan fingerprint density at radius 1 is 1.04 bits per heavy atom. The first kappa shape index (κ1) is 16.9. The molecule has 0 aliphatic carbocycles. The SMILES string of the molecule is O=C(OCCCn1c(=O)oc2ccccc21)c1ccc2ccccc2c1O. The summed E-state index contributed by atoms with van der Waals surface area (Å²) in [5, 5.41) is 11.8. The van der Waals surface area contributed by atoms with Crippen LogP contribution in [0.4, 0.5) is 0 Å². The number of rotatable bonds is 5. The molecule has 27 heavy (non-hydrogen) atoms. The van der Waals surface area contributed by atoms with Gasteiger partial charge in [-0.2, -0.15) is 0 Å². The number of aryl methyl sites for hydroxylation is 1. The second-order valence-electron chi connectivity index (χ2n) is 6.16. The van der Waals surface area contributed by atoms with E-state index in [1.807, 2.05) is 18.2 Å². The van der Waals surface area contributed by atoms with E-state index in [0.29, 0.717) is 29.5 Å². The van der Waals surface area contributed by atoms with Crippen molar-refractivity contribution < 1.29 is 19.1 Å². The molecule has 1 heterocycles. The van der Waals surface area contributed by atoms with Crippen LogP contribution >= 0.6 is 0 Å². The highest BCUT2D eigenvalue weighted by Gasteiger charge is 2.15. The molecule has 0 saturated carbocycles. The fourth-order valence-electron chi connectivity index (χ4n) is 3.11. The quantitative estimate of drug-likeness (QED) is 0.432. The largest absolute Gasteiger partial charge is 0.506 e. The van der Waals surface area contributed by atoms with Crippen LogP contribution in [-0.4, -0.2) is 22.2 Å². The lowest BCUT2D eigenvalue weighted by Crippen LogP contribution is -2.16. The maximum atomic E-state index is 12.3. The first-order chi connectivity index (χ1) is 13.1. The van der Waals surface area contributed by atoms with Crippen molar-refractivity contribution in [2.75, 3.05) is 6.61 Å². The Morgan fingerprint density at radius 3 is 2.70 bits per heavy atom. The predicted molar refractivity (Wildman–Crippen MR) is 101 cm³/mol. The molecule has 4 rings (SSSR count). The molecular weight excluding hydrogens is 346 g/mol. The van der Waals surface area contributed by atoms with Crippen molar-refractivity contribution in [1.29, 1.82) is 0 Å². The highest BCUT2D eigenvalue weighted by Crippen LogP contribution is 2.29. The molecule has 0 aliphatic rings. The number of carbonyl (C=O) groups excluding carboxylic acids is 1. The normalized spacial score (nSPS) is 11.1. The molecule has 0 unspecified atom stereocenters. The number of hydrogen-bond acceptors (Lipinski definition) is 5. The van der Waals surface area contributed by atoms with Gasteiger partial charge in [-0.15, -0.1) is 0 Å². The van der Waals surface area contributed by atoms with Gasteiger partial charge in [0, 0.05) is 11.9 Å². The van der Waals surface area contributed by atoms with E-state index in [9.17, 15) is 14.7 Å². The molecule has 0 aliphatic heterocycles. The Labute approximate surface area is 154 Å². The lowest BCUT2D eigenvalue weighted by atomic mass is 10.1. The highest BCUT2D eigenvalue weighted by molar-refractivity contribution is 6.01. The zero-order chi connectivity index (χ0) is 18.8. The summed E-state index contributed by atoms with van der Waals surface area (Å²) >= 11 is 0. The van der Waals surface area contributed by atoms with Crippen LogP contribution in [0, 0.1) is 0 Å². The molecule has 4 aromatic rings. The van der Waals surface area contributed by atoms with Gasteiger partial charge < -0.3 is 14.3 Å². The van der Waals surface area contributed by atoms with Gasteiger partial charge in [0.1, 0.15) is 11.3 Å². The number of fused-ring (bicyclic) bond motifs is 2. The Kier molecular flexibility index (Phi) is 4.38. The number of ether oxygens (including phenoxy) is 1.